The van der Waals surface area contributed by atoms with Crippen LogP contribution in [0.4, 0.5) is 5.69 Å². The first-order valence-corrected chi connectivity index (χ1v) is 5.26. The van der Waals surface area contributed by atoms with Crippen molar-refractivity contribution in [3.63, 3.8) is 0 Å². The van der Waals surface area contributed by atoms with Gasteiger partial charge >= 0.3 is 0 Å². The lowest BCUT2D eigenvalue weighted by Crippen LogP contribution is -2.27. The standard InChI is InChI=1S/C13H10N4O/c1-17(11-3-2-5-15-9-11)13(18)12-7-10(8-14)4-6-16-12/h2-7,9H,1H3. The highest BCUT2D eigenvalue weighted by atomic mass is 16.2. The minimum absolute atomic E-state index is 0.236. The molecule has 5 nitrogen and oxygen atoms in total. The van der Waals surface area contributed by atoms with Gasteiger partial charge in [0.25, 0.3) is 5.91 Å². The first kappa shape index (κ1) is 11.7. The molecule has 0 spiro atoms. The zero-order valence-electron chi connectivity index (χ0n) is 9.74. The van der Waals surface area contributed by atoms with Crippen LogP contribution in [0.1, 0.15) is 16.1 Å². The molecular formula is C13H10N4O. The van der Waals surface area contributed by atoms with E-state index in [0.29, 0.717) is 11.3 Å². The second-order valence-corrected chi connectivity index (χ2v) is 3.62. The number of hydrogen-bond donors (Lipinski definition) is 0. The number of pyridine rings is 2. The van der Waals surface area contributed by atoms with E-state index >= 15 is 0 Å². The van der Waals surface area contributed by atoms with Gasteiger partial charge in [-0.1, -0.05) is 0 Å². The van der Waals surface area contributed by atoms with Crippen molar-refractivity contribution in [3.05, 3.63) is 54.1 Å². The van der Waals surface area contributed by atoms with E-state index in [1.807, 2.05) is 6.07 Å². The molecule has 0 bridgehead atoms. The van der Waals surface area contributed by atoms with Gasteiger partial charge in [0.2, 0.25) is 0 Å². The first-order valence-electron chi connectivity index (χ1n) is 5.26. The zero-order valence-corrected chi connectivity index (χ0v) is 9.74. The number of carbonyl (C=O) groups excluding carboxylic acids is 1. The third-order valence-corrected chi connectivity index (χ3v) is 2.45. The van der Waals surface area contributed by atoms with Gasteiger partial charge in [0.15, 0.2) is 0 Å². The van der Waals surface area contributed by atoms with E-state index in [2.05, 4.69) is 9.97 Å². The van der Waals surface area contributed by atoms with Crippen LogP contribution in [0.25, 0.3) is 0 Å². The van der Waals surface area contributed by atoms with Crippen molar-refractivity contribution < 1.29 is 4.79 Å². The van der Waals surface area contributed by atoms with Gasteiger partial charge in [0, 0.05) is 19.4 Å². The van der Waals surface area contributed by atoms with Crippen molar-refractivity contribution in [2.24, 2.45) is 0 Å². The Morgan fingerprint density at radius 3 is 2.89 bits per heavy atom. The van der Waals surface area contributed by atoms with Gasteiger partial charge in [-0.3, -0.25) is 14.8 Å². The number of anilines is 1. The van der Waals surface area contributed by atoms with Crippen LogP contribution in [0.2, 0.25) is 0 Å². The second-order valence-electron chi connectivity index (χ2n) is 3.62. The summed E-state index contributed by atoms with van der Waals surface area (Å²) in [6.45, 7) is 0. The number of nitriles is 1. The fraction of sp³-hybridized carbons (Fsp3) is 0.0769. The number of aromatic nitrogens is 2. The minimum atomic E-state index is -0.278. The Bertz CT molecular complexity index is 604. The van der Waals surface area contributed by atoms with Gasteiger partial charge in [-0.2, -0.15) is 5.26 Å². The monoisotopic (exact) mass is 238 g/mol. The number of amides is 1. The second kappa shape index (κ2) is 5.06. The van der Waals surface area contributed by atoms with Crippen LogP contribution in [-0.2, 0) is 0 Å². The Hall–Kier alpha value is -2.74. The van der Waals surface area contributed by atoms with Crippen LogP contribution in [0.3, 0.4) is 0 Å². The SMILES string of the molecule is CN(C(=O)c1cc(C#N)ccn1)c1cccnc1. The molecule has 0 saturated carbocycles. The summed E-state index contributed by atoms with van der Waals surface area (Å²) in [4.78, 5) is 21.5. The molecule has 0 fully saturated rings. The molecule has 0 aliphatic carbocycles. The quantitative estimate of drug-likeness (QED) is 0.797. The molecule has 0 radical (unpaired) electrons. The summed E-state index contributed by atoms with van der Waals surface area (Å²) in [7, 11) is 1.64. The molecule has 5 heteroatoms. The lowest BCUT2D eigenvalue weighted by Gasteiger charge is -2.16. The van der Waals surface area contributed by atoms with Crippen molar-refractivity contribution in [2.45, 2.75) is 0 Å². The largest absolute Gasteiger partial charge is 0.309 e. The Labute approximate surface area is 104 Å². The molecule has 18 heavy (non-hydrogen) atoms. The van der Waals surface area contributed by atoms with Gasteiger partial charge in [0.1, 0.15) is 5.69 Å². The van der Waals surface area contributed by atoms with Crippen LogP contribution < -0.4 is 4.90 Å². The Kier molecular flexibility index (Phi) is 3.30. The number of hydrogen-bond acceptors (Lipinski definition) is 4. The maximum absolute atomic E-state index is 12.1. The molecule has 88 valence electrons. The van der Waals surface area contributed by atoms with Gasteiger partial charge in [-0.25, -0.2) is 0 Å². The fourth-order valence-electron chi connectivity index (χ4n) is 1.46. The van der Waals surface area contributed by atoms with E-state index in [9.17, 15) is 4.79 Å². The minimum Gasteiger partial charge on any atom is -0.309 e. The zero-order chi connectivity index (χ0) is 13.0. The summed E-state index contributed by atoms with van der Waals surface area (Å²) < 4.78 is 0. The highest BCUT2D eigenvalue weighted by Crippen LogP contribution is 2.13. The van der Waals surface area contributed by atoms with Crippen molar-refractivity contribution in [1.82, 2.24) is 9.97 Å². The van der Waals surface area contributed by atoms with E-state index in [4.69, 9.17) is 5.26 Å². The molecule has 0 unspecified atom stereocenters. The topological polar surface area (TPSA) is 69.9 Å². The smallest absolute Gasteiger partial charge is 0.276 e. The maximum Gasteiger partial charge on any atom is 0.276 e. The van der Waals surface area contributed by atoms with Gasteiger partial charge in [0.05, 0.1) is 23.5 Å². The van der Waals surface area contributed by atoms with E-state index < -0.39 is 0 Å². The van der Waals surface area contributed by atoms with E-state index in [0.717, 1.165) is 0 Å². The van der Waals surface area contributed by atoms with Crippen LogP contribution >= 0.6 is 0 Å². The van der Waals surface area contributed by atoms with Gasteiger partial charge in [-0.15, -0.1) is 0 Å². The molecule has 2 rings (SSSR count). The molecule has 2 aromatic rings. The molecule has 0 atom stereocenters. The molecule has 0 saturated heterocycles. The molecular weight excluding hydrogens is 228 g/mol. The van der Waals surface area contributed by atoms with Crippen molar-refractivity contribution >= 4 is 11.6 Å². The average Bonchev–Trinajstić information content (AvgIpc) is 2.46. The van der Waals surface area contributed by atoms with E-state index in [1.54, 1.807) is 37.6 Å². The summed E-state index contributed by atoms with van der Waals surface area (Å²) in [5.41, 5.74) is 1.32. The van der Waals surface area contributed by atoms with Crippen LogP contribution in [0.5, 0.6) is 0 Å². The molecule has 2 aromatic heterocycles. The summed E-state index contributed by atoms with van der Waals surface area (Å²) in [5.74, 6) is -0.278. The number of nitrogens with zero attached hydrogens (tertiary/aromatic N) is 4. The fourth-order valence-corrected chi connectivity index (χ4v) is 1.46. The highest BCUT2D eigenvalue weighted by Gasteiger charge is 2.15. The molecule has 0 aliphatic heterocycles. The van der Waals surface area contributed by atoms with Crippen molar-refractivity contribution in [2.75, 3.05) is 11.9 Å². The molecule has 0 N–H and O–H groups in total. The Balaban J connectivity index is 2.29. The average molecular weight is 238 g/mol. The van der Waals surface area contributed by atoms with Crippen molar-refractivity contribution in [3.8, 4) is 6.07 Å². The predicted octanol–water partition coefficient (Wildman–Crippen LogP) is 1.62. The molecule has 1 amide bonds. The molecule has 0 aromatic carbocycles. The molecule has 2 heterocycles. The van der Waals surface area contributed by atoms with Gasteiger partial charge < -0.3 is 4.90 Å². The van der Waals surface area contributed by atoms with E-state index in [-0.39, 0.29) is 11.6 Å². The summed E-state index contributed by atoms with van der Waals surface area (Å²) >= 11 is 0. The normalized spacial score (nSPS) is 9.56. The lowest BCUT2D eigenvalue weighted by molar-refractivity contribution is 0.0988. The molecule has 0 aliphatic rings. The predicted molar refractivity (Wildman–Crippen MR) is 65.9 cm³/mol. The number of carbonyl (C=O) groups is 1. The van der Waals surface area contributed by atoms with Gasteiger partial charge in [-0.05, 0) is 24.3 Å². The van der Waals surface area contributed by atoms with Crippen molar-refractivity contribution in [1.29, 1.82) is 5.26 Å². The van der Waals surface area contributed by atoms with Crippen LogP contribution in [0, 0.1) is 11.3 Å². The number of rotatable bonds is 2. The third-order valence-electron chi connectivity index (χ3n) is 2.45. The first-order chi connectivity index (χ1) is 8.72. The Morgan fingerprint density at radius 2 is 2.22 bits per heavy atom. The highest BCUT2D eigenvalue weighted by molar-refractivity contribution is 6.04. The maximum atomic E-state index is 12.1. The van der Waals surface area contributed by atoms with Crippen LogP contribution in [0.15, 0.2) is 42.9 Å². The van der Waals surface area contributed by atoms with E-state index in [1.165, 1.54) is 17.2 Å². The van der Waals surface area contributed by atoms with Crippen LogP contribution in [-0.4, -0.2) is 22.9 Å². The summed E-state index contributed by atoms with van der Waals surface area (Å²) in [5, 5.41) is 8.79. The summed E-state index contributed by atoms with van der Waals surface area (Å²) in [6, 6.07) is 8.53. The lowest BCUT2D eigenvalue weighted by atomic mass is 10.2. The third kappa shape index (κ3) is 2.33. The Morgan fingerprint density at radius 1 is 1.39 bits per heavy atom. The summed E-state index contributed by atoms with van der Waals surface area (Å²) in [6.07, 6.45) is 4.67.